The van der Waals surface area contributed by atoms with Crippen LogP contribution in [0.15, 0.2) is 36.4 Å². The van der Waals surface area contributed by atoms with Crippen LogP contribution in [-0.4, -0.2) is 0 Å². The summed E-state index contributed by atoms with van der Waals surface area (Å²) in [7, 11) is 0. The van der Waals surface area contributed by atoms with Gasteiger partial charge in [0.2, 0.25) is 0 Å². The lowest BCUT2D eigenvalue weighted by atomic mass is 9.64. The lowest BCUT2D eigenvalue weighted by Gasteiger charge is -2.41. The Hall–Kier alpha value is -1.70. The molecule has 4 rings (SSSR count). The van der Waals surface area contributed by atoms with Crippen LogP contribution < -0.4 is 0 Å². The van der Waals surface area contributed by atoms with Crippen LogP contribution in [0.3, 0.4) is 0 Å². The molecule has 4 atom stereocenters. The van der Waals surface area contributed by atoms with E-state index in [2.05, 4.69) is 13.8 Å². The van der Waals surface area contributed by atoms with E-state index in [4.69, 9.17) is 0 Å². The number of hydrogen-bond donors (Lipinski definition) is 0. The van der Waals surface area contributed by atoms with Gasteiger partial charge in [0.25, 0.3) is 0 Å². The zero-order chi connectivity index (χ0) is 19.7. The van der Waals surface area contributed by atoms with E-state index in [0.29, 0.717) is 11.5 Å². The van der Waals surface area contributed by atoms with Gasteiger partial charge in [0.05, 0.1) is 5.56 Å². The van der Waals surface area contributed by atoms with E-state index in [1.54, 1.807) is 12.1 Å². The molecule has 0 bridgehead atoms. The average molecular weight is 383 g/mol. The largest absolute Gasteiger partial charge is 0.206 e. The van der Waals surface area contributed by atoms with Crippen molar-refractivity contribution >= 4 is 0 Å². The van der Waals surface area contributed by atoms with Crippen LogP contribution in [0.1, 0.15) is 75.8 Å². The highest BCUT2D eigenvalue weighted by atomic mass is 19.1. The maximum absolute atomic E-state index is 14.9. The van der Waals surface area contributed by atoms with Gasteiger partial charge in [0.15, 0.2) is 0 Å². The second-order valence-electron chi connectivity index (χ2n) is 9.25. The van der Waals surface area contributed by atoms with Crippen LogP contribution in [0.4, 0.5) is 8.78 Å². The van der Waals surface area contributed by atoms with Gasteiger partial charge >= 0.3 is 0 Å². The fraction of sp³-hybridized carbons (Fsp3) is 0.538. The molecule has 28 heavy (non-hydrogen) atoms. The van der Waals surface area contributed by atoms with Crippen LogP contribution in [0.25, 0.3) is 11.1 Å². The molecule has 0 heterocycles. The Kier molecular flexibility index (Phi) is 5.85. The summed E-state index contributed by atoms with van der Waals surface area (Å²) in [5.74, 6) is 1.88. The molecule has 150 valence electrons. The monoisotopic (exact) mass is 382 g/mol. The Morgan fingerprint density at radius 3 is 2.18 bits per heavy atom. The highest BCUT2D eigenvalue weighted by Gasteiger charge is 2.35. The second-order valence-corrected chi connectivity index (χ2v) is 9.25. The van der Waals surface area contributed by atoms with E-state index < -0.39 is 11.6 Å². The number of rotatable bonds is 4. The van der Waals surface area contributed by atoms with Crippen molar-refractivity contribution in [3.05, 3.63) is 59.2 Å². The summed E-state index contributed by atoms with van der Waals surface area (Å²) >= 11 is 0. The van der Waals surface area contributed by atoms with Gasteiger partial charge in [-0.05, 0) is 91.0 Å². The molecule has 0 spiro atoms. The molecular formula is C26H32F2. The molecule has 2 aliphatic carbocycles. The second kappa shape index (κ2) is 8.35. The van der Waals surface area contributed by atoms with Gasteiger partial charge in [-0.3, -0.25) is 0 Å². The van der Waals surface area contributed by atoms with Crippen LogP contribution >= 0.6 is 0 Å². The van der Waals surface area contributed by atoms with Crippen molar-refractivity contribution in [1.29, 1.82) is 0 Å². The highest BCUT2D eigenvalue weighted by molar-refractivity contribution is 5.65. The molecule has 0 N–H and O–H groups in total. The zero-order valence-corrected chi connectivity index (χ0v) is 17.2. The van der Waals surface area contributed by atoms with Crippen molar-refractivity contribution in [2.45, 2.75) is 71.1 Å². The zero-order valence-electron chi connectivity index (χ0n) is 17.2. The number of hydrogen-bond acceptors (Lipinski definition) is 0. The molecule has 2 saturated carbocycles. The molecule has 0 saturated heterocycles. The van der Waals surface area contributed by atoms with Crippen molar-refractivity contribution in [2.24, 2.45) is 17.8 Å². The number of halogens is 2. The van der Waals surface area contributed by atoms with Crippen molar-refractivity contribution < 1.29 is 8.78 Å². The van der Waals surface area contributed by atoms with E-state index in [9.17, 15) is 8.78 Å². The first-order chi connectivity index (χ1) is 13.5. The summed E-state index contributed by atoms with van der Waals surface area (Å²) in [6, 6.07) is 10.9. The van der Waals surface area contributed by atoms with Crippen LogP contribution in [0.2, 0.25) is 0 Å². The molecule has 0 nitrogen and oxygen atoms in total. The number of aryl methyl sites for hydroxylation is 1. The third-order valence-corrected chi connectivity index (χ3v) is 7.19. The van der Waals surface area contributed by atoms with Crippen molar-refractivity contribution in [2.75, 3.05) is 0 Å². The minimum atomic E-state index is -0.419. The molecule has 0 aliphatic heterocycles. The Labute approximate surface area is 168 Å². The summed E-state index contributed by atoms with van der Waals surface area (Å²) in [6.45, 7) is 4.49. The third-order valence-electron chi connectivity index (χ3n) is 7.19. The first-order valence-corrected chi connectivity index (χ1v) is 11.1. The minimum Gasteiger partial charge on any atom is -0.206 e. The quantitative estimate of drug-likeness (QED) is 0.504. The van der Waals surface area contributed by atoms with E-state index in [-0.39, 0.29) is 5.56 Å². The van der Waals surface area contributed by atoms with E-state index in [1.165, 1.54) is 31.2 Å². The number of fused-ring (bicyclic) bond motifs is 1. The molecule has 0 radical (unpaired) electrons. The normalized spacial score (nSPS) is 27.4. The van der Waals surface area contributed by atoms with Crippen LogP contribution in [0.5, 0.6) is 0 Å². The fourth-order valence-corrected chi connectivity index (χ4v) is 5.66. The summed E-state index contributed by atoms with van der Waals surface area (Å²) in [5, 5.41) is 0. The maximum Gasteiger partial charge on any atom is 0.134 e. The van der Waals surface area contributed by atoms with Gasteiger partial charge in [-0.25, -0.2) is 8.78 Å². The molecule has 2 aromatic carbocycles. The van der Waals surface area contributed by atoms with Gasteiger partial charge < -0.3 is 0 Å². The Morgan fingerprint density at radius 2 is 1.50 bits per heavy atom. The molecule has 4 unspecified atom stereocenters. The lowest BCUT2D eigenvalue weighted by molar-refractivity contribution is 0.124. The first-order valence-electron chi connectivity index (χ1n) is 11.1. The fourth-order valence-electron chi connectivity index (χ4n) is 5.66. The molecule has 0 amide bonds. The van der Waals surface area contributed by atoms with E-state index >= 15 is 0 Å². The van der Waals surface area contributed by atoms with Gasteiger partial charge in [0, 0.05) is 0 Å². The van der Waals surface area contributed by atoms with Crippen molar-refractivity contribution in [1.82, 2.24) is 0 Å². The van der Waals surface area contributed by atoms with Crippen molar-refractivity contribution in [3.63, 3.8) is 0 Å². The van der Waals surface area contributed by atoms with Crippen LogP contribution in [0, 0.1) is 29.4 Å². The molecule has 2 heteroatoms. The van der Waals surface area contributed by atoms with Gasteiger partial charge in [-0.2, -0.15) is 0 Å². The Morgan fingerprint density at radius 1 is 0.857 bits per heavy atom. The lowest BCUT2D eigenvalue weighted by Crippen LogP contribution is -2.29. The maximum atomic E-state index is 14.9. The third kappa shape index (κ3) is 4.02. The van der Waals surface area contributed by atoms with E-state index in [0.717, 1.165) is 49.0 Å². The highest BCUT2D eigenvalue weighted by Crippen LogP contribution is 2.48. The first kappa shape index (κ1) is 19.6. The SMILES string of the molecule is CCCc1ccc(-c2c(F)cc(C3CCC4CC(C)CCC4C3)cc2F)cc1. The summed E-state index contributed by atoms with van der Waals surface area (Å²) in [6.07, 6.45) is 9.38. The van der Waals surface area contributed by atoms with Gasteiger partial charge in [0.1, 0.15) is 11.6 Å². The molecule has 2 fully saturated rings. The molecule has 0 aromatic heterocycles. The molecule has 2 aliphatic rings. The molecule has 2 aromatic rings. The van der Waals surface area contributed by atoms with Crippen molar-refractivity contribution in [3.8, 4) is 11.1 Å². The standard InChI is InChI=1S/C26H32F2/c1-3-4-18-6-9-19(10-7-18)26-24(27)15-23(16-25(26)28)22-12-11-20-13-17(2)5-8-21(20)14-22/h6-7,9-10,15-17,20-22H,3-5,8,11-14H2,1-2H3. The van der Waals surface area contributed by atoms with Gasteiger partial charge in [-0.1, -0.05) is 51.0 Å². The predicted molar refractivity (Wildman–Crippen MR) is 112 cm³/mol. The Bertz CT molecular complexity index is 785. The number of benzene rings is 2. The predicted octanol–water partition coefficient (Wildman–Crippen LogP) is 7.90. The smallest absolute Gasteiger partial charge is 0.134 e. The van der Waals surface area contributed by atoms with E-state index in [1.807, 2.05) is 24.3 Å². The summed E-state index contributed by atoms with van der Waals surface area (Å²) in [5.41, 5.74) is 2.82. The van der Waals surface area contributed by atoms with Gasteiger partial charge in [-0.15, -0.1) is 0 Å². The summed E-state index contributed by atoms with van der Waals surface area (Å²) < 4.78 is 29.9. The minimum absolute atomic E-state index is 0.118. The summed E-state index contributed by atoms with van der Waals surface area (Å²) in [4.78, 5) is 0. The van der Waals surface area contributed by atoms with Crippen LogP contribution in [-0.2, 0) is 6.42 Å². The molecular weight excluding hydrogens is 350 g/mol. The topological polar surface area (TPSA) is 0 Å². The average Bonchev–Trinajstić information content (AvgIpc) is 2.68. The Balaban J connectivity index is 1.54.